The fourth-order valence-corrected chi connectivity index (χ4v) is 15.9. The molecule has 0 aliphatic carbocycles. The fraction of sp³-hybridized carbons (Fsp3) is 0. The average Bonchev–Trinajstić information content (AvgIpc) is 1.60. The summed E-state index contributed by atoms with van der Waals surface area (Å²) in [5.41, 5.74) is 25.9. The van der Waals surface area contributed by atoms with Crippen LogP contribution in [0.25, 0.3) is 188 Å². The first kappa shape index (κ1) is 60.0. The van der Waals surface area contributed by atoms with E-state index in [2.05, 4.69) is 382 Å². The van der Waals surface area contributed by atoms with Gasteiger partial charge in [0.05, 0.1) is 61.2 Å². The van der Waals surface area contributed by atoms with Gasteiger partial charge in [0, 0.05) is 99.7 Å². The molecule has 21 rings (SSSR count). The van der Waals surface area contributed by atoms with Crippen LogP contribution in [0.4, 0.5) is 0 Å². The van der Waals surface area contributed by atoms with Gasteiger partial charge in [0.2, 0.25) is 0 Å². The second kappa shape index (κ2) is 25.0. The summed E-state index contributed by atoms with van der Waals surface area (Å²) in [7, 11) is 0. The number of hydrogen-bond donors (Lipinski definition) is 0. The third-order valence-corrected chi connectivity index (χ3v) is 20.7. The predicted molar refractivity (Wildman–Crippen MR) is 434 cm³/mol. The van der Waals surface area contributed by atoms with Crippen molar-refractivity contribution in [2.24, 2.45) is 0 Å². The van der Waals surface area contributed by atoms with Crippen LogP contribution < -0.4 is 0 Å². The molecular formula is C97H63N7. The number of hydrogen-bond acceptors (Lipinski definition) is 3. The van der Waals surface area contributed by atoms with Gasteiger partial charge in [-0.15, -0.1) is 0 Å². The van der Waals surface area contributed by atoms with Gasteiger partial charge >= 0.3 is 0 Å². The summed E-state index contributed by atoms with van der Waals surface area (Å²) in [4.78, 5) is 15.0. The molecule has 0 unspecified atom stereocenters. The van der Waals surface area contributed by atoms with E-state index >= 15 is 0 Å². The zero-order valence-corrected chi connectivity index (χ0v) is 56.5. The van der Waals surface area contributed by atoms with Gasteiger partial charge in [-0.1, -0.05) is 243 Å². The van der Waals surface area contributed by atoms with Gasteiger partial charge in [0.1, 0.15) is 0 Å². The SMILES string of the molecule is c1ccc(-c2cc(-c3ccccc3)nc(-c3cccc(-n4c5ccccc5c5cc(-c6ccc7c(c6)c6ccccc6n7-c6ccccc6)ccc54)c3)n2)cc1.c1ccc(-n2c3ccccc3c3cc(-c4ccc5c(c4)c4ccccc4n5-c4ccc(-c5nccc6ccccc56)cc4)ccc32)cc1. The van der Waals surface area contributed by atoms with Crippen molar-refractivity contribution < 1.29 is 0 Å². The van der Waals surface area contributed by atoms with Gasteiger partial charge in [0.15, 0.2) is 5.82 Å². The first-order valence-corrected chi connectivity index (χ1v) is 35.4. The van der Waals surface area contributed by atoms with E-state index < -0.39 is 0 Å². The summed E-state index contributed by atoms with van der Waals surface area (Å²) >= 11 is 0. The van der Waals surface area contributed by atoms with Crippen LogP contribution in [0, 0.1) is 0 Å². The predicted octanol–water partition coefficient (Wildman–Crippen LogP) is 25.1. The van der Waals surface area contributed by atoms with E-state index in [1.807, 2.05) is 18.3 Å². The van der Waals surface area contributed by atoms with Crippen molar-refractivity contribution in [2.45, 2.75) is 0 Å². The van der Waals surface area contributed by atoms with E-state index in [-0.39, 0.29) is 0 Å². The molecule has 7 heteroatoms. The maximum Gasteiger partial charge on any atom is 0.160 e. The third-order valence-electron chi connectivity index (χ3n) is 20.7. The Kier molecular flexibility index (Phi) is 14.4. The molecule has 7 nitrogen and oxygen atoms in total. The molecule has 0 radical (unpaired) electrons. The lowest BCUT2D eigenvalue weighted by Gasteiger charge is -2.12. The van der Waals surface area contributed by atoms with E-state index in [1.54, 1.807) is 0 Å². The van der Waals surface area contributed by atoms with Crippen LogP contribution >= 0.6 is 0 Å². The van der Waals surface area contributed by atoms with Crippen molar-refractivity contribution in [2.75, 3.05) is 0 Å². The van der Waals surface area contributed by atoms with Crippen molar-refractivity contribution in [1.82, 2.24) is 33.2 Å². The highest BCUT2D eigenvalue weighted by molar-refractivity contribution is 6.15. The molecule has 6 aromatic heterocycles. The summed E-state index contributed by atoms with van der Waals surface area (Å²) in [6, 6.07) is 134. The number of fused-ring (bicyclic) bond motifs is 13. The van der Waals surface area contributed by atoms with Crippen LogP contribution in [0.1, 0.15) is 0 Å². The average molecular weight is 1330 g/mol. The number of para-hydroxylation sites is 6. The summed E-state index contributed by atoms with van der Waals surface area (Å²) in [6.45, 7) is 0. The Balaban J connectivity index is 0.000000140. The molecule has 15 aromatic carbocycles. The second-order valence-corrected chi connectivity index (χ2v) is 26.7. The molecule has 0 N–H and O–H groups in total. The maximum atomic E-state index is 5.13. The quantitative estimate of drug-likeness (QED) is 0.137. The molecule has 6 heterocycles. The number of aromatic nitrogens is 7. The van der Waals surface area contributed by atoms with E-state index in [0.29, 0.717) is 5.82 Å². The Bertz CT molecular complexity index is 6820. The van der Waals surface area contributed by atoms with Gasteiger partial charge in [-0.2, -0.15) is 0 Å². The molecule has 0 saturated carbocycles. The topological polar surface area (TPSA) is 58.4 Å². The summed E-state index contributed by atoms with van der Waals surface area (Å²) in [5, 5.41) is 12.3. The summed E-state index contributed by atoms with van der Waals surface area (Å²) in [6.07, 6.45) is 1.90. The Morgan fingerprint density at radius 1 is 0.183 bits per heavy atom. The van der Waals surface area contributed by atoms with E-state index in [9.17, 15) is 0 Å². The fourth-order valence-electron chi connectivity index (χ4n) is 15.9. The van der Waals surface area contributed by atoms with E-state index in [4.69, 9.17) is 15.0 Å². The van der Waals surface area contributed by atoms with Crippen LogP contribution in [-0.4, -0.2) is 33.2 Å². The second-order valence-electron chi connectivity index (χ2n) is 26.7. The number of nitrogens with zero attached hydrogens (tertiary/aromatic N) is 7. The van der Waals surface area contributed by atoms with Crippen molar-refractivity contribution in [3.05, 3.63) is 382 Å². The molecule has 0 aliphatic heterocycles. The monoisotopic (exact) mass is 1330 g/mol. The first-order valence-electron chi connectivity index (χ1n) is 35.4. The minimum Gasteiger partial charge on any atom is -0.309 e. The smallest absolute Gasteiger partial charge is 0.160 e. The standard InChI is InChI=1S/C52H34N4.C45H29N3/c1-4-15-35(16-5-1)46-34-47(36-17-6-2-7-18-36)54-52(53-46)39-19-14-22-41(31-39)56-49-26-13-11-24-43(49)45-33-38(28-30-51(45)56)37-27-29-50-44(32-37)42-23-10-12-25-48(42)55(50)40-20-8-3-9-21-40;1-2-11-34(12-3-1)47-41-16-8-6-14-37(41)39-28-32(20-24-43(39)47)33-21-25-44-40(29-33)38-15-7-9-17-42(38)48(44)35-22-18-31(19-23-35)45-36-13-5-4-10-30(36)26-27-46-45/h1-34H;1-29H. The highest BCUT2D eigenvalue weighted by Gasteiger charge is 2.21. The zero-order chi connectivity index (χ0) is 68.6. The lowest BCUT2D eigenvalue weighted by Crippen LogP contribution is -1.98. The van der Waals surface area contributed by atoms with Gasteiger partial charge in [-0.25, -0.2) is 9.97 Å². The minimum absolute atomic E-state index is 0.694. The van der Waals surface area contributed by atoms with Gasteiger partial charge < -0.3 is 18.3 Å². The van der Waals surface area contributed by atoms with Crippen molar-refractivity contribution in [1.29, 1.82) is 0 Å². The molecule has 0 atom stereocenters. The van der Waals surface area contributed by atoms with E-state index in [1.165, 1.54) is 115 Å². The molecule has 0 saturated heterocycles. The van der Waals surface area contributed by atoms with Crippen LogP contribution in [-0.2, 0) is 0 Å². The molecule has 486 valence electrons. The molecule has 0 bridgehead atoms. The summed E-state index contributed by atoms with van der Waals surface area (Å²) in [5.74, 6) is 0.694. The van der Waals surface area contributed by atoms with Gasteiger partial charge in [0.25, 0.3) is 0 Å². The Hall–Kier alpha value is -14.0. The number of benzene rings is 15. The Labute approximate surface area is 600 Å². The maximum absolute atomic E-state index is 5.13. The summed E-state index contributed by atoms with van der Waals surface area (Å²) < 4.78 is 9.48. The largest absolute Gasteiger partial charge is 0.309 e. The van der Waals surface area contributed by atoms with Crippen molar-refractivity contribution in [3.8, 4) is 90.2 Å². The number of rotatable bonds is 10. The Morgan fingerprint density at radius 2 is 0.500 bits per heavy atom. The molecular weight excluding hydrogens is 1260 g/mol. The van der Waals surface area contributed by atoms with Gasteiger partial charge in [-0.3, -0.25) is 4.98 Å². The molecule has 0 spiro atoms. The lowest BCUT2D eigenvalue weighted by atomic mass is 10.0. The molecule has 0 fully saturated rings. The first-order chi connectivity index (χ1) is 51.6. The lowest BCUT2D eigenvalue weighted by molar-refractivity contribution is 1.16. The molecule has 0 aliphatic rings. The van der Waals surface area contributed by atoms with E-state index in [0.717, 1.165) is 67.4 Å². The number of pyridine rings is 1. The molecule has 104 heavy (non-hydrogen) atoms. The minimum atomic E-state index is 0.694. The molecule has 0 amide bonds. The van der Waals surface area contributed by atoms with Crippen LogP contribution in [0.2, 0.25) is 0 Å². The van der Waals surface area contributed by atoms with Crippen LogP contribution in [0.5, 0.6) is 0 Å². The highest BCUT2D eigenvalue weighted by atomic mass is 15.0. The highest BCUT2D eigenvalue weighted by Crippen LogP contribution is 2.42. The van der Waals surface area contributed by atoms with Crippen LogP contribution in [0.3, 0.4) is 0 Å². The third kappa shape index (κ3) is 10.2. The Morgan fingerprint density at radius 3 is 0.923 bits per heavy atom. The zero-order valence-electron chi connectivity index (χ0n) is 56.5. The molecule has 21 aromatic rings. The van der Waals surface area contributed by atoms with Crippen LogP contribution in [0.15, 0.2) is 382 Å². The van der Waals surface area contributed by atoms with Crippen molar-refractivity contribution in [3.63, 3.8) is 0 Å². The van der Waals surface area contributed by atoms with Crippen molar-refractivity contribution >= 4 is 98.0 Å². The van der Waals surface area contributed by atoms with Gasteiger partial charge in [-0.05, 0) is 161 Å². The normalized spacial score (nSPS) is 11.7.